The summed E-state index contributed by atoms with van der Waals surface area (Å²) in [7, 11) is 5.50. The molecular weight excluding hydrogens is 350 g/mol. The minimum Gasteiger partial charge on any atom is -0.351 e. The molecule has 1 heterocycles. The molecule has 0 radical (unpaired) electrons. The van der Waals surface area contributed by atoms with Crippen LogP contribution in [0.15, 0.2) is 41.5 Å². The fourth-order valence-corrected chi connectivity index (χ4v) is 2.75. The quantitative estimate of drug-likeness (QED) is 0.481. The van der Waals surface area contributed by atoms with E-state index in [9.17, 15) is 4.79 Å². The normalized spacial score (nSPS) is 11.0. The molecule has 0 bridgehead atoms. The fraction of sp³-hybridized carbons (Fsp3) is 0.263. The zero-order valence-corrected chi connectivity index (χ0v) is 15.8. The topological polar surface area (TPSA) is 61.7 Å². The van der Waals surface area contributed by atoms with Gasteiger partial charge in [0.1, 0.15) is 0 Å². The van der Waals surface area contributed by atoms with E-state index in [2.05, 4.69) is 21.5 Å². The largest absolute Gasteiger partial charge is 0.351 e. The summed E-state index contributed by atoms with van der Waals surface area (Å²) in [6, 6.07) is 9.05. The smallest absolute Gasteiger partial charge is 0.243 e. The molecule has 2 rings (SSSR count). The van der Waals surface area contributed by atoms with E-state index in [1.165, 1.54) is 0 Å². The van der Waals surface area contributed by atoms with E-state index in [0.29, 0.717) is 28.8 Å². The molecule has 0 saturated carbocycles. The molecular formula is C19H22ClN5O. The molecule has 0 fully saturated rings. The van der Waals surface area contributed by atoms with Crippen LogP contribution in [0.2, 0.25) is 5.02 Å². The summed E-state index contributed by atoms with van der Waals surface area (Å²) in [4.78, 5) is 18.3. The Morgan fingerprint density at radius 2 is 2.19 bits per heavy atom. The molecule has 1 aromatic heterocycles. The predicted octanol–water partition coefficient (Wildman–Crippen LogP) is 2.31. The van der Waals surface area contributed by atoms with Gasteiger partial charge in [-0.1, -0.05) is 23.6 Å². The van der Waals surface area contributed by atoms with E-state index in [4.69, 9.17) is 18.0 Å². The first-order chi connectivity index (χ1) is 12.4. The van der Waals surface area contributed by atoms with Gasteiger partial charge in [-0.25, -0.2) is 0 Å². The number of amides is 1. The number of nitrogens with one attached hydrogen (secondary N) is 2. The molecule has 0 spiro atoms. The summed E-state index contributed by atoms with van der Waals surface area (Å²) in [6.07, 6.45) is 7.21. The molecule has 0 unspecified atom stereocenters. The van der Waals surface area contributed by atoms with E-state index in [-0.39, 0.29) is 12.5 Å². The van der Waals surface area contributed by atoms with E-state index < -0.39 is 0 Å². The Labute approximate surface area is 158 Å². The zero-order chi connectivity index (χ0) is 19.1. The minimum atomic E-state index is -0.185. The molecule has 0 atom stereocenters. The van der Waals surface area contributed by atoms with Crippen molar-refractivity contribution < 1.29 is 4.79 Å². The van der Waals surface area contributed by atoms with Gasteiger partial charge in [0.15, 0.2) is 5.96 Å². The van der Waals surface area contributed by atoms with Crippen molar-refractivity contribution in [2.24, 2.45) is 12.0 Å². The molecule has 0 aliphatic rings. The summed E-state index contributed by atoms with van der Waals surface area (Å²) in [5.41, 5.74) is 2.41. The molecule has 2 aromatic rings. The highest BCUT2D eigenvalue weighted by atomic mass is 35.5. The van der Waals surface area contributed by atoms with Gasteiger partial charge < -0.3 is 20.1 Å². The lowest BCUT2D eigenvalue weighted by atomic mass is 10.2. The molecule has 6 nitrogen and oxygen atoms in total. The van der Waals surface area contributed by atoms with Gasteiger partial charge in [0.2, 0.25) is 5.91 Å². The number of aliphatic imine (C=N–C) groups is 1. The Hall–Kier alpha value is -2.91. The van der Waals surface area contributed by atoms with Gasteiger partial charge in [-0.05, 0) is 24.3 Å². The molecule has 7 heteroatoms. The highest BCUT2D eigenvalue weighted by Crippen LogP contribution is 2.14. The molecule has 2 N–H and O–H groups in total. The second kappa shape index (κ2) is 8.97. The van der Waals surface area contributed by atoms with Gasteiger partial charge in [-0.15, -0.1) is 6.42 Å². The lowest BCUT2D eigenvalue weighted by Gasteiger charge is -2.22. The molecule has 1 aromatic carbocycles. The van der Waals surface area contributed by atoms with Crippen molar-refractivity contribution in [3.05, 3.63) is 52.8 Å². The number of halogens is 1. The molecule has 0 aliphatic carbocycles. The Balaban J connectivity index is 1.90. The third-order valence-corrected chi connectivity index (χ3v) is 3.97. The number of aryl methyl sites for hydroxylation is 1. The first kappa shape index (κ1) is 19.4. The maximum absolute atomic E-state index is 12.2. The number of guanidine groups is 1. The number of anilines is 1. The number of terminal acetylenes is 1. The van der Waals surface area contributed by atoms with Gasteiger partial charge >= 0.3 is 0 Å². The maximum atomic E-state index is 12.2. The number of aromatic nitrogens is 1. The average Bonchev–Trinajstić information content (AvgIpc) is 2.92. The Kier molecular flexibility index (Phi) is 6.70. The summed E-state index contributed by atoms with van der Waals surface area (Å²) in [5, 5.41) is 6.54. The van der Waals surface area contributed by atoms with Crippen LogP contribution in [-0.2, 0) is 18.4 Å². The highest BCUT2D eigenvalue weighted by Gasteiger charge is 2.11. The van der Waals surface area contributed by atoms with Crippen molar-refractivity contribution in [2.45, 2.75) is 6.54 Å². The van der Waals surface area contributed by atoms with Crippen molar-refractivity contribution >= 4 is 29.2 Å². The highest BCUT2D eigenvalue weighted by molar-refractivity contribution is 6.30. The minimum absolute atomic E-state index is 0.0885. The van der Waals surface area contributed by atoms with Gasteiger partial charge in [0.05, 0.1) is 18.1 Å². The number of rotatable bonds is 5. The molecule has 136 valence electrons. The van der Waals surface area contributed by atoms with Crippen LogP contribution in [0.3, 0.4) is 0 Å². The van der Waals surface area contributed by atoms with Gasteiger partial charge in [-0.3, -0.25) is 9.79 Å². The van der Waals surface area contributed by atoms with Gasteiger partial charge in [-0.2, -0.15) is 0 Å². The van der Waals surface area contributed by atoms with Crippen LogP contribution >= 0.6 is 11.6 Å². The Morgan fingerprint density at radius 3 is 2.81 bits per heavy atom. The van der Waals surface area contributed by atoms with Gasteiger partial charge in [0.25, 0.3) is 0 Å². The maximum Gasteiger partial charge on any atom is 0.243 e. The van der Waals surface area contributed by atoms with Crippen molar-refractivity contribution in [2.75, 3.05) is 26.0 Å². The van der Waals surface area contributed by atoms with E-state index in [0.717, 1.165) is 5.69 Å². The van der Waals surface area contributed by atoms with Crippen LogP contribution in [0, 0.1) is 12.3 Å². The van der Waals surface area contributed by atoms with Crippen LogP contribution in [0.4, 0.5) is 5.69 Å². The zero-order valence-electron chi connectivity index (χ0n) is 15.1. The number of carbonyl (C=O) groups excluding carboxylic acids is 1. The summed E-state index contributed by atoms with van der Waals surface area (Å²) >= 11 is 6.01. The second-order valence-corrected chi connectivity index (χ2v) is 6.23. The number of hydrogen-bond donors (Lipinski definition) is 2. The molecule has 1 amide bonds. The average molecular weight is 372 g/mol. The fourth-order valence-electron chi connectivity index (χ4n) is 2.48. The molecule has 26 heavy (non-hydrogen) atoms. The van der Waals surface area contributed by atoms with Gasteiger partial charge in [0, 0.05) is 44.3 Å². The van der Waals surface area contributed by atoms with Crippen LogP contribution in [0.5, 0.6) is 0 Å². The first-order valence-corrected chi connectivity index (χ1v) is 8.39. The first-order valence-electron chi connectivity index (χ1n) is 8.02. The standard InChI is InChI=1S/C19H22ClN5O/c1-5-14-7-6-8-16(9-14)23-18(26)11-22-19(21-2)25(4)13-17-10-15(20)12-24(17)3/h1,6-10,12H,11,13H2,2-4H3,(H,21,22)(H,23,26). The van der Waals surface area contributed by atoms with E-state index in [1.54, 1.807) is 31.3 Å². The van der Waals surface area contributed by atoms with Crippen LogP contribution in [0.25, 0.3) is 0 Å². The number of carbonyl (C=O) groups is 1. The van der Waals surface area contributed by atoms with Crippen LogP contribution < -0.4 is 10.6 Å². The third-order valence-electron chi connectivity index (χ3n) is 3.77. The Morgan fingerprint density at radius 1 is 1.42 bits per heavy atom. The summed E-state index contributed by atoms with van der Waals surface area (Å²) in [5.74, 6) is 2.96. The van der Waals surface area contributed by atoms with E-state index in [1.807, 2.05) is 35.8 Å². The Bertz CT molecular complexity index is 850. The van der Waals surface area contributed by atoms with Crippen molar-refractivity contribution in [1.29, 1.82) is 0 Å². The second-order valence-electron chi connectivity index (χ2n) is 5.79. The molecule has 0 aliphatic heterocycles. The third kappa shape index (κ3) is 5.30. The monoisotopic (exact) mass is 371 g/mol. The SMILES string of the molecule is C#Cc1cccc(NC(=O)CNC(=NC)N(C)Cc2cc(Cl)cn2C)c1. The van der Waals surface area contributed by atoms with Crippen molar-refractivity contribution in [3.8, 4) is 12.3 Å². The van der Waals surface area contributed by atoms with Crippen LogP contribution in [0.1, 0.15) is 11.3 Å². The molecule has 0 saturated heterocycles. The number of hydrogen-bond acceptors (Lipinski definition) is 2. The van der Waals surface area contributed by atoms with Crippen LogP contribution in [-0.4, -0.2) is 42.0 Å². The lowest BCUT2D eigenvalue weighted by molar-refractivity contribution is -0.115. The predicted molar refractivity (Wildman–Crippen MR) is 106 cm³/mol. The summed E-state index contributed by atoms with van der Waals surface area (Å²) in [6.45, 7) is 0.694. The number of benzene rings is 1. The number of nitrogens with zero attached hydrogens (tertiary/aromatic N) is 3. The van der Waals surface area contributed by atoms with Crippen molar-refractivity contribution in [1.82, 2.24) is 14.8 Å². The lowest BCUT2D eigenvalue weighted by Crippen LogP contribution is -2.42. The summed E-state index contributed by atoms with van der Waals surface area (Å²) < 4.78 is 1.96. The van der Waals surface area contributed by atoms with Crippen molar-refractivity contribution in [3.63, 3.8) is 0 Å². The van der Waals surface area contributed by atoms with E-state index >= 15 is 0 Å².